The van der Waals surface area contributed by atoms with Crippen molar-refractivity contribution >= 4 is 21.2 Å². The Morgan fingerprint density at radius 2 is 2.00 bits per heavy atom. The SMILES string of the molecule is CCCS(=O)(=O)c1nc(-c2cccs2)cc(C(F)(F)F)n1. The van der Waals surface area contributed by atoms with E-state index in [9.17, 15) is 21.6 Å². The van der Waals surface area contributed by atoms with Gasteiger partial charge < -0.3 is 0 Å². The smallest absolute Gasteiger partial charge is 0.220 e. The molecule has 0 bridgehead atoms. The average molecular weight is 336 g/mol. The number of hydrogen-bond acceptors (Lipinski definition) is 5. The van der Waals surface area contributed by atoms with Crippen molar-refractivity contribution in [2.24, 2.45) is 0 Å². The lowest BCUT2D eigenvalue weighted by molar-refractivity contribution is -0.141. The summed E-state index contributed by atoms with van der Waals surface area (Å²) in [4.78, 5) is 7.43. The highest BCUT2D eigenvalue weighted by atomic mass is 32.2. The minimum absolute atomic E-state index is 0.0398. The Morgan fingerprint density at radius 3 is 2.52 bits per heavy atom. The molecule has 0 spiro atoms. The zero-order valence-corrected chi connectivity index (χ0v) is 12.5. The van der Waals surface area contributed by atoms with E-state index >= 15 is 0 Å². The molecule has 0 fully saturated rings. The molecule has 0 atom stereocenters. The molecule has 0 saturated heterocycles. The lowest BCUT2D eigenvalue weighted by Crippen LogP contribution is -2.16. The third kappa shape index (κ3) is 3.59. The van der Waals surface area contributed by atoms with Crippen molar-refractivity contribution in [3.8, 4) is 10.6 Å². The van der Waals surface area contributed by atoms with E-state index in [1.165, 1.54) is 11.3 Å². The van der Waals surface area contributed by atoms with Crippen molar-refractivity contribution < 1.29 is 21.6 Å². The van der Waals surface area contributed by atoms with Gasteiger partial charge in [-0.3, -0.25) is 0 Å². The molecular formula is C12H11F3N2O2S2. The molecule has 21 heavy (non-hydrogen) atoms. The highest BCUT2D eigenvalue weighted by Crippen LogP contribution is 2.32. The van der Waals surface area contributed by atoms with E-state index in [0.717, 1.165) is 6.07 Å². The van der Waals surface area contributed by atoms with Crippen LogP contribution in [-0.4, -0.2) is 24.1 Å². The van der Waals surface area contributed by atoms with Crippen molar-refractivity contribution in [3.05, 3.63) is 29.3 Å². The van der Waals surface area contributed by atoms with E-state index in [-0.39, 0.29) is 17.9 Å². The van der Waals surface area contributed by atoms with Crippen LogP contribution in [0.15, 0.2) is 28.7 Å². The first-order valence-corrected chi connectivity index (χ1v) is 8.50. The van der Waals surface area contributed by atoms with Gasteiger partial charge in [-0.2, -0.15) is 13.2 Å². The van der Waals surface area contributed by atoms with E-state index in [0.29, 0.717) is 4.88 Å². The van der Waals surface area contributed by atoms with Gasteiger partial charge >= 0.3 is 6.18 Å². The van der Waals surface area contributed by atoms with Crippen LogP contribution in [0, 0.1) is 0 Å². The van der Waals surface area contributed by atoms with Crippen LogP contribution in [0.3, 0.4) is 0 Å². The van der Waals surface area contributed by atoms with Crippen LogP contribution in [0.5, 0.6) is 0 Å². The van der Waals surface area contributed by atoms with Crippen molar-refractivity contribution in [2.45, 2.75) is 24.7 Å². The van der Waals surface area contributed by atoms with Gasteiger partial charge in [0.2, 0.25) is 15.0 Å². The normalized spacial score (nSPS) is 12.6. The molecule has 114 valence electrons. The Morgan fingerprint density at radius 1 is 1.29 bits per heavy atom. The highest BCUT2D eigenvalue weighted by Gasteiger charge is 2.35. The maximum absolute atomic E-state index is 12.9. The second-order valence-corrected chi connectivity index (χ2v) is 7.17. The molecule has 9 heteroatoms. The minimum atomic E-state index is -4.73. The van der Waals surface area contributed by atoms with Crippen LogP contribution in [0.1, 0.15) is 19.0 Å². The number of halogens is 3. The van der Waals surface area contributed by atoms with Crippen LogP contribution in [-0.2, 0) is 16.0 Å². The van der Waals surface area contributed by atoms with Crippen LogP contribution < -0.4 is 0 Å². The quantitative estimate of drug-likeness (QED) is 0.803. The standard InChI is InChI=1S/C12H11F3N2O2S2/c1-2-6-21(18,19)11-16-8(9-4-3-5-20-9)7-10(17-11)12(13,14)15/h3-5,7H,2,6H2,1H3. The molecule has 0 unspecified atom stereocenters. The molecule has 4 nitrogen and oxygen atoms in total. The van der Waals surface area contributed by atoms with Gasteiger partial charge in [0.05, 0.1) is 16.3 Å². The first-order chi connectivity index (χ1) is 9.74. The molecule has 2 aromatic rings. The highest BCUT2D eigenvalue weighted by molar-refractivity contribution is 7.91. The molecule has 0 amide bonds. The largest absolute Gasteiger partial charge is 0.433 e. The maximum atomic E-state index is 12.9. The van der Waals surface area contributed by atoms with Crippen molar-refractivity contribution in [1.29, 1.82) is 0 Å². The van der Waals surface area contributed by atoms with Crippen LogP contribution in [0.4, 0.5) is 13.2 Å². The third-order valence-corrected chi connectivity index (χ3v) is 5.10. The second-order valence-electron chi connectivity index (χ2n) is 4.21. The summed E-state index contributed by atoms with van der Waals surface area (Å²) in [7, 11) is -3.92. The van der Waals surface area contributed by atoms with Gasteiger partial charge in [0, 0.05) is 0 Å². The molecule has 2 rings (SSSR count). The van der Waals surface area contributed by atoms with Crippen molar-refractivity contribution in [3.63, 3.8) is 0 Å². The minimum Gasteiger partial charge on any atom is -0.220 e. The summed E-state index contributed by atoms with van der Waals surface area (Å²) in [6, 6.07) is 3.98. The molecule has 0 radical (unpaired) electrons. The molecule has 0 aliphatic carbocycles. The van der Waals surface area contributed by atoms with Crippen LogP contribution >= 0.6 is 11.3 Å². The molecule has 0 saturated carbocycles. The number of hydrogen-bond donors (Lipinski definition) is 0. The Labute approximate surface area is 123 Å². The molecule has 0 aliphatic rings. The van der Waals surface area contributed by atoms with Gasteiger partial charge in [0.1, 0.15) is 5.69 Å². The maximum Gasteiger partial charge on any atom is 0.433 e. The molecule has 0 aliphatic heterocycles. The van der Waals surface area contributed by atoms with E-state index in [1.54, 1.807) is 24.4 Å². The number of aromatic nitrogens is 2. The predicted molar refractivity (Wildman–Crippen MR) is 72.7 cm³/mol. The molecule has 0 N–H and O–H groups in total. The van der Waals surface area contributed by atoms with Crippen molar-refractivity contribution in [1.82, 2.24) is 9.97 Å². The third-order valence-electron chi connectivity index (χ3n) is 2.52. The lowest BCUT2D eigenvalue weighted by atomic mass is 10.3. The van der Waals surface area contributed by atoms with Crippen molar-refractivity contribution in [2.75, 3.05) is 5.75 Å². The van der Waals surface area contributed by atoms with Gasteiger partial charge in [-0.1, -0.05) is 13.0 Å². The van der Waals surface area contributed by atoms with Crippen LogP contribution in [0.25, 0.3) is 10.6 Å². The average Bonchev–Trinajstić information content (AvgIpc) is 2.91. The monoisotopic (exact) mass is 336 g/mol. The fourth-order valence-electron chi connectivity index (χ4n) is 1.62. The fraction of sp³-hybridized carbons (Fsp3) is 0.333. The van der Waals surface area contributed by atoms with E-state index in [2.05, 4.69) is 9.97 Å². The summed E-state index contributed by atoms with van der Waals surface area (Å²) >= 11 is 1.18. The number of alkyl halides is 3. The van der Waals surface area contributed by atoms with Crippen LogP contribution in [0.2, 0.25) is 0 Å². The summed E-state index contributed by atoms with van der Waals surface area (Å²) in [6.07, 6.45) is -4.46. The molecule has 2 aromatic heterocycles. The first kappa shape index (κ1) is 15.9. The number of thiophene rings is 1. The topological polar surface area (TPSA) is 59.9 Å². The molecular weight excluding hydrogens is 325 g/mol. The van der Waals surface area contributed by atoms with E-state index in [1.807, 2.05) is 0 Å². The first-order valence-electron chi connectivity index (χ1n) is 5.97. The van der Waals surface area contributed by atoms with Gasteiger partial charge in [0.15, 0.2) is 0 Å². The molecule has 2 heterocycles. The summed E-state index contributed by atoms with van der Waals surface area (Å²) < 4.78 is 62.5. The Bertz CT molecular complexity index is 725. The van der Waals surface area contributed by atoms with Gasteiger partial charge in [-0.05, 0) is 23.9 Å². The van der Waals surface area contributed by atoms with E-state index in [4.69, 9.17) is 0 Å². The summed E-state index contributed by atoms with van der Waals surface area (Å²) in [5.74, 6) is -0.293. The van der Waals surface area contributed by atoms with Gasteiger partial charge in [-0.25, -0.2) is 18.4 Å². The predicted octanol–water partition coefficient (Wildman–Crippen LogP) is 3.41. The van der Waals surface area contributed by atoms with Gasteiger partial charge in [0.25, 0.3) is 0 Å². The number of sulfone groups is 1. The number of nitrogens with zero attached hydrogens (tertiary/aromatic N) is 2. The Hall–Kier alpha value is -1.48. The number of rotatable bonds is 4. The lowest BCUT2D eigenvalue weighted by Gasteiger charge is -2.10. The second kappa shape index (κ2) is 5.72. The fourth-order valence-corrected chi connectivity index (χ4v) is 3.50. The van der Waals surface area contributed by atoms with E-state index < -0.39 is 26.9 Å². The molecule has 0 aromatic carbocycles. The summed E-state index contributed by atoms with van der Waals surface area (Å²) in [6.45, 7) is 1.62. The summed E-state index contributed by atoms with van der Waals surface area (Å²) in [5, 5.41) is 0.896. The zero-order valence-electron chi connectivity index (χ0n) is 10.9. The Kier molecular flexibility index (Phi) is 4.33. The zero-order chi connectivity index (χ0) is 15.7. The summed E-state index contributed by atoms with van der Waals surface area (Å²) in [5.41, 5.74) is -1.29. The Balaban J connectivity index is 2.64. The van der Waals surface area contributed by atoms with Gasteiger partial charge in [-0.15, -0.1) is 11.3 Å².